The van der Waals surface area contributed by atoms with Crippen LogP contribution >= 0.6 is 23.8 Å². The normalized spacial score (nSPS) is 11.0. The van der Waals surface area contributed by atoms with E-state index in [2.05, 4.69) is 20.6 Å². The van der Waals surface area contributed by atoms with Crippen LogP contribution in [-0.2, 0) is 0 Å². The van der Waals surface area contributed by atoms with Gasteiger partial charge in [-0.15, -0.1) is 5.11 Å². The van der Waals surface area contributed by atoms with Gasteiger partial charge in [-0.1, -0.05) is 29.8 Å². The molecule has 2 N–H and O–H groups in total. The zero-order valence-corrected chi connectivity index (χ0v) is 14.8. The third kappa shape index (κ3) is 4.01. The molecule has 0 bridgehead atoms. The van der Waals surface area contributed by atoms with Gasteiger partial charge in [-0.25, -0.2) is 0 Å². The van der Waals surface area contributed by atoms with Crippen molar-refractivity contribution in [3.8, 4) is 0 Å². The Balaban J connectivity index is 1.84. The molecule has 1 heterocycles. The van der Waals surface area contributed by atoms with E-state index >= 15 is 0 Å². The Morgan fingerprint density at radius 2 is 1.80 bits per heavy atom. The third-order valence-electron chi connectivity index (χ3n) is 3.36. The van der Waals surface area contributed by atoms with Crippen LogP contribution in [0.15, 0.2) is 69.6 Å². The van der Waals surface area contributed by atoms with Gasteiger partial charge in [0.15, 0.2) is 10.8 Å². The molecule has 3 rings (SSSR count). The summed E-state index contributed by atoms with van der Waals surface area (Å²) in [5, 5.41) is 14.8. The fraction of sp³-hybridized carbons (Fsp3) is 0.0588. The highest BCUT2D eigenvalue weighted by Crippen LogP contribution is 2.18. The minimum atomic E-state index is -0.372. The Morgan fingerprint density at radius 1 is 1.12 bits per heavy atom. The summed E-state index contributed by atoms with van der Waals surface area (Å²) in [6.07, 6.45) is 0. The van der Waals surface area contributed by atoms with Gasteiger partial charge in [0.2, 0.25) is 0 Å². The molecule has 8 heteroatoms. The van der Waals surface area contributed by atoms with Crippen molar-refractivity contribution in [2.24, 2.45) is 10.2 Å². The molecular formula is C17H14ClN5OS. The van der Waals surface area contributed by atoms with Crippen LogP contribution in [0.5, 0.6) is 0 Å². The molecular weight excluding hydrogens is 358 g/mol. The number of hydrogen-bond acceptors (Lipinski definition) is 4. The van der Waals surface area contributed by atoms with E-state index in [9.17, 15) is 4.79 Å². The number of halogens is 1. The van der Waals surface area contributed by atoms with Crippen LogP contribution < -0.4 is 10.9 Å². The Hall–Kier alpha value is -2.77. The molecule has 0 aliphatic heterocycles. The average molecular weight is 372 g/mol. The second kappa shape index (κ2) is 7.42. The number of H-pyrrole nitrogens is 1. The van der Waals surface area contributed by atoms with Gasteiger partial charge < -0.3 is 5.32 Å². The van der Waals surface area contributed by atoms with Crippen molar-refractivity contribution in [2.45, 2.75) is 6.92 Å². The molecule has 3 aromatic rings. The standard InChI is InChI=1S/C17H14ClN5OS/c1-11-15(21-20-14-5-3-2-4-6-14)16(24)23(22-11)17(25)19-13-9-7-12(18)8-10-13/h2-10,22H,1H3,(H,19,25). The lowest BCUT2D eigenvalue weighted by Gasteiger charge is -2.07. The molecule has 0 spiro atoms. The summed E-state index contributed by atoms with van der Waals surface area (Å²) >= 11 is 11.1. The van der Waals surface area contributed by atoms with E-state index in [4.69, 9.17) is 23.8 Å². The van der Waals surface area contributed by atoms with Crippen molar-refractivity contribution in [1.82, 2.24) is 9.78 Å². The third-order valence-corrected chi connectivity index (χ3v) is 3.90. The molecule has 6 nitrogen and oxygen atoms in total. The topological polar surface area (TPSA) is 74.5 Å². The number of anilines is 1. The first-order valence-electron chi connectivity index (χ1n) is 7.40. The predicted octanol–water partition coefficient (Wildman–Crippen LogP) is 4.80. The Bertz CT molecular complexity index is 977. The van der Waals surface area contributed by atoms with Crippen molar-refractivity contribution in [1.29, 1.82) is 0 Å². The molecule has 0 fully saturated rings. The van der Waals surface area contributed by atoms with E-state index < -0.39 is 0 Å². The van der Waals surface area contributed by atoms with Crippen molar-refractivity contribution in [2.75, 3.05) is 5.32 Å². The maximum atomic E-state index is 12.5. The van der Waals surface area contributed by atoms with E-state index in [1.165, 1.54) is 4.68 Å². The lowest BCUT2D eigenvalue weighted by Crippen LogP contribution is -2.29. The zero-order valence-electron chi connectivity index (χ0n) is 13.2. The first-order valence-corrected chi connectivity index (χ1v) is 8.18. The van der Waals surface area contributed by atoms with Gasteiger partial charge in [-0.05, 0) is 55.5 Å². The minimum Gasteiger partial charge on any atom is -0.331 e. The lowest BCUT2D eigenvalue weighted by molar-refractivity contribution is 0.895. The number of aromatic amines is 1. The van der Waals surface area contributed by atoms with Crippen LogP contribution in [0.4, 0.5) is 17.1 Å². The summed E-state index contributed by atoms with van der Waals surface area (Å²) in [6, 6.07) is 16.2. The highest BCUT2D eigenvalue weighted by molar-refractivity contribution is 7.80. The molecule has 0 amide bonds. The van der Waals surface area contributed by atoms with Crippen LogP contribution in [0, 0.1) is 6.92 Å². The highest BCUT2D eigenvalue weighted by Gasteiger charge is 2.14. The van der Waals surface area contributed by atoms with E-state index in [-0.39, 0.29) is 16.4 Å². The maximum Gasteiger partial charge on any atom is 0.301 e. The van der Waals surface area contributed by atoms with Crippen molar-refractivity contribution < 1.29 is 0 Å². The molecule has 25 heavy (non-hydrogen) atoms. The number of thiocarbonyl (C=S) groups is 1. The summed E-state index contributed by atoms with van der Waals surface area (Å²) in [5.74, 6) is 0. The predicted molar refractivity (Wildman–Crippen MR) is 103 cm³/mol. The summed E-state index contributed by atoms with van der Waals surface area (Å²) < 4.78 is 1.22. The van der Waals surface area contributed by atoms with Gasteiger partial charge in [0, 0.05) is 10.7 Å². The van der Waals surface area contributed by atoms with E-state index in [0.29, 0.717) is 16.4 Å². The van der Waals surface area contributed by atoms with Gasteiger partial charge >= 0.3 is 5.56 Å². The Labute approximate surface area is 154 Å². The van der Waals surface area contributed by atoms with Gasteiger partial charge in [0.25, 0.3) is 0 Å². The van der Waals surface area contributed by atoms with Gasteiger partial charge in [-0.3, -0.25) is 9.89 Å². The number of aromatic nitrogens is 2. The Kier molecular flexibility index (Phi) is 5.06. The zero-order chi connectivity index (χ0) is 17.8. The van der Waals surface area contributed by atoms with Crippen LogP contribution in [0.2, 0.25) is 5.02 Å². The summed E-state index contributed by atoms with van der Waals surface area (Å²) in [4.78, 5) is 12.5. The smallest absolute Gasteiger partial charge is 0.301 e. The number of rotatable bonds is 3. The molecule has 126 valence electrons. The quantitative estimate of drug-likeness (QED) is 0.513. The number of nitrogens with one attached hydrogen (secondary N) is 2. The molecule has 0 aliphatic rings. The highest BCUT2D eigenvalue weighted by atomic mass is 35.5. The van der Waals surface area contributed by atoms with Gasteiger partial charge in [-0.2, -0.15) is 9.80 Å². The largest absolute Gasteiger partial charge is 0.331 e. The number of benzene rings is 2. The fourth-order valence-corrected chi connectivity index (χ4v) is 2.49. The average Bonchev–Trinajstić information content (AvgIpc) is 2.90. The molecule has 0 saturated heterocycles. The fourth-order valence-electron chi connectivity index (χ4n) is 2.11. The second-order valence-corrected chi connectivity index (χ2v) is 6.02. The number of nitrogens with zero attached hydrogens (tertiary/aromatic N) is 3. The molecule has 2 aromatic carbocycles. The lowest BCUT2D eigenvalue weighted by atomic mass is 10.3. The van der Waals surface area contributed by atoms with Crippen LogP contribution in [0.1, 0.15) is 5.69 Å². The first kappa shape index (κ1) is 17.1. The second-order valence-electron chi connectivity index (χ2n) is 5.20. The van der Waals surface area contributed by atoms with Crippen molar-refractivity contribution >= 4 is 46.0 Å². The summed E-state index contributed by atoms with van der Waals surface area (Å²) in [7, 11) is 0. The van der Waals surface area contributed by atoms with Crippen molar-refractivity contribution in [3.63, 3.8) is 0 Å². The molecule has 0 saturated carbocycles. The molecule has 1 aromatic heterocycles. The van der Waals surface area contributed by atoms with Crippen LogP contribution in [0.3, 0.4) is 0 Å². The van der Waals surface area contributed by atoms with Crippen LogP contribution in [-0.4, -0.2) is 14.9 Å². The SMILES string of the molecule is Cc1[nH]n(C(=S)Nc2ccc(Cl)cc2)c(=O)c1N=Nc1ccccc1. The first-order chi connectivity index (χ1) is 12.0. The van der Waals surface area contributed by atoms with E-state index in [0.717, 1.165) is 5.69 Å². The van der Waals surface area contributed by atoms with Crippen molar-refractivity contribution in [3.05, 3.63) is 75.7 Å². The number of azo groups is 1. The summed E-state index contributed by atoms with van der Waals surface area (Å²) in [6.45, 7) is 1.74. The minimum absolute atomic E-state index is 0.205. The van der Waals surface area contributed by atoms with Gasteiger partial charge in [0.1, 0.15) is 0 Å². The molecule has 0 unspecified atom stereocenters. The molecule has 0 atom stereocenters. The molecule has 0 aliphatic carbocycles. The maximum absolute atomic E-state index is 12.5. The number of aryl methyl sites for hydroxylation is 1. The van der Waals surface area contributed by atoms with E-state index in [1.807, 2.05) is 18.2 Å². The monoisotopic (exact) mass is 371 g/mol. The Morgan fingerprint density at radius 3 is 2.48 bits per heavy atom. The van der Waals surface area contributed by atoms with Gasteiger partial charge in [0.05, 0.1) is 11.4 Å². The summed E-state index contributed by atoms with van der Waals surface area (Å²) in [5.41, 5.74) is 1.80. The van der Waals surface area contributed by atoms with Crippen LogP contribution in [0.25, 0.3) is 0 Å². The number of hydrogen-bond donors (Lipinski definition) is 2. The molecule has 0 radical (unpaired) electrons. The van der Waals surface area contributed by atoms with E-state index in [1.54, 1.807) is 43.3 Å².